The number of ether oxygens (including phenoxy) is 1. The minimum absolute atomic E-state index is 0.0287. The maximum Gasteiger partial charge on any atom is 0.289 e. The van der Waals surface area contributed by atoms with Gasteiger partial charge in [0, 0.05) is 37.9 Å². The van der Waals surface area contributed by atoms with Crippen LogP contribution in [0.1, 0.15) is 36.2 Å². The van der Waals surface area contributed by atoms with E-state index in [0.29, 0.717) is 37.9 Å². The monoisotopic (exact) mass is 411 g/mol. The first-order chi connectivity index (χ1) is 14.7. The van der Waals surface area contributed by atoms with Gasteiger partial charge in [-0.2, -0.15) is 0 Å². The number of carbonyl (C=O) groups is 2. The maximum atomic E-state index is 13.3. The molecule has 1 aliphatic heterocycles. The summed E-state index contributed by atoms with van der Waals surface area (Å²) in [6, 6.07) is 10.7. The number of benzene rings is 1. The molecule has 2 fully saturated rings. The van der Waals surface area contributed by atoms with Crippen LogP contribution in [0.2, 0.25) is 0 Å². The molecular weight excluding hydrogens is 382 g/mol. The standard InChI is InChI=1S/C23H29N3O4/c1-29-19-9-4-8-18(16-19)24-22(27)21(17-6-2-3-7-17)25-11-13-26(14-12-25)23(28)20-10-5-15-30-20/h4-5,8-10,15-17,21H,2-3,6-7,11-14H2,1H3,(H,24,27)/t21-/m0/s1. The second-order valence-corrected chi connectivity index (χ2v) is 8.02. The molecule has 1 saturated heterocycles. The first kappa shape index (κ1) is 20.5. The molecule has 0 bridgehead atoms. The molecule has 0 unspecified atom stereocenters. The number of hydrogen-bond donors (Lipinski definition) is 1. The van der Waals surface area contributed by atoms with Crippen molar-refractivity contribution in [1.82, 2.24) is 9.80 Å². The van der Waals surface area contributed by atoms with Crippen LogP contribution in [0, 0.1) is 5.92 Å². The van der Waals surface area contributed by atoms with Gasteiger partial charge in [0.15, 0.2) is 5.76 Å². The highest BCUT2D eigenvalue weighted by atomic mass is 16.5. The molecule has 7 nitrogen and oxygen atoms in total. The SMILES string of the molecule is COc1cccc(NC(=O)[C@H](C2CCCC2)N2CCN(C(=O)c3ccco3)CC2)c1. The van der Waals surface area contributed by atoms with Gasteiger partial charge >= 0.3 is 0 Å². The Morgan fingerprint density at radius 1 is 1.10 bits per heavy atom. The lowest BCUT2D eigenvalue weighted by atomic mass is 9.94. The van der Waals surface area contributed by atoms with Crippen molar-refractivity contribution in [2.75, 3.05) is 38.6 Å². The summed E-state index contributed by atoms with van der Waals surface area (Å²) in [4.78, 5) is 29.9. The van der Waals surface area contributed by atoms with Crippen LogP contribution in [0.5, 0.6) is 5.75 Å². The highest BCUT2D eigenvalue weighted by molar-refractivity contribution is 5.95. The molecule has 4 rings (SSSR count). The topological polar surface area (TPSA) is 75.0 Å². The van der Waals surface area contributed by atoms with Crippen LogP contribution in [0.3, 0.4) is 0 Å². The van der Waals surface area contributed by atoms with Gasteiger partial charge in [0.1, 0.15) is 5.75 Å². The number of furan rings is 1. The lowest BCUT2D eigenvalue weighted by Crippen LogP contribution is -2.56. The van der Waals surface area contributed by atoms with E-state index in [2.05, 4.69) is 10.2 Å². The number of carbonyl (C=O) groups excluding carboxylic acids is 2. The lowest BCUT2D eigenvalue weighted by molar-refractivity contribution is -0.123. The summed E-state index contributed by atoms with van der Waals surface area (Å²) in [6.45, 7) is 2.54. The summed E-state index contributed by atoms with van der Waals surface area (Å²) in [6.07, 6.45) is 6.00. The minimum atomic E-state index is -0.181. The van der Waals surface area contributed by atoms with Gasteiger partial charge in [-0.1, -0.05) is 18.9 Å². The molecule has 1 aliphatic carbocycles. The first-order valence-corrected chi connectivity index (χ1v) is 10.7. The minimum Gasteiger partial charge on any atom is -0.497 e. The number of amides is 2. The van der Waals surface area contributed by atoms with Gasteiger partial charge in [-0.3, -0.25) is 14.5 Å². The Bertz CT molecular complexity index is 853. The third-order valence-electron chi connectivity index (χ3n) is 6.18. The number of nitrogens with one attached hydrogen (secondary N) is 1. The van der Waals surface area contributed by atoms with E-state index in [1.807, 2.05) is 24.3 Å². The third kappa shape index (κ3) is 4.51. The zero-order valence-corrected chi connectivity index (χ0v) is 17.4. The van der Waals surface area contributed by atoms with Gasteiger partial charge < -0.3 is 19.4 Å². The molecule has 2 aromatic rings. The molecule has 1 aromatic heterocycles. The normalized spacial score (nSPS) is 18.9. The fourth-order valence-electron chi connectivity index (χ4n) is 4.63. The Kier molecular flexibility index (Phi) is 6.38. The van der Waals surface area contributed by atoms with E-state index in [1.165, 1.54) is 19.1 Å². The van der Waals surface area contributed by atoms with Crippen LogP contribution >= 0.6 is 0 Å². The Hall–Kier alpha value is -2.80. The second-order valence-electron chi connectivity index (χ2n) is 8.02. The van der Waals surface area contributed by atoms with Gasteiger partial charge in [0.25, 0.3) is 5.91 Å². The first-order valence-electron chi connectivity index (χ1n) is 10.7. The molecule has 1 saturated carbocycles. The van der Waals surface area contributed by atoms with Crippen molar-refractivity contribution in [2.45, 2.75) is 31.7 Å². The van der Waals surface area contributed by atoms with Crippen molar-refractivity contribution in [1.29, 1.82) is 0 Å². The fraction of sp³-hybridized carbons (Fsp3) is 0.478. The zero-order chi connectivity index (χ0) is 20.9. The Morgan fingerprint density at radius 3 is 2.53 bits per heavy atom. The molecule has 1 aromatic carbocycles. The van der Waals surface area contributed by atoms with Gasteiger partial charge in [0.05, 0.1) is 19.4 Å². The number of piperazine rings is 1. The molecule has 160 valence electrons. The van der Waals surface area contributed by atoms with E-state index < -0.39 is 0 Å². The summed E-state index contributed by atoms with van der Waals surface area (Å²) < 4.78 is 10.5. The highest BCUT2D eigenvalue weighted by Gasteiger charge is 2.37. The van der Waals surface area contributed by atoms with Crippen molar-refractivity contribution < 1.29 is 18.7 Å². The van der Waals surface area contributed by atoms with Crippen LogP contribution in [0.15, 0.2) is 47.1 Å². The lowest BCUT2D eigenvalue weighted by Gasteiger charge is -2.40. The van der Waals surface area contributed by atoms with Crippen molar-refractivity contribution in [2.24, 2.45) is 5.92 Å². The number of anilines is 1. The second kappa shape index (κ2) is 9.34. The van der Waals surface area contributed by atoms with Crippen molar-refractivity contribution in [3.8, 4) is 5.75 Å². The average molecular weight is 412 g/mol. The molecule has 0 spiro atoms. The number of hydrogen-bond acceptors (Lipinski definition) is 5. The van der Waals surface area contributed by atoms with Gasteiger partial charge in [0.2, 0.25) is 5.91 Å². The van der Waals surface area contributed by atoms with Crippen LogP contribution in [0.25, 0.3) is 0 Å². The largest absolute Gasteiger partial charge is 0.497 e. The summed E-state index contributed by atoms with van der Waals surface area (Å²) in [5.41, 5.74) is 0.744. The summed E-state index contributed by atoms with van der Waals surface area (Å²) in [5.74, 6) is 1.38. The van der Waals surface area contributed by atoms with E-state index in [0.717, 1.165) is 24.3 Å². The van der Waals surface area contributed by atoms with Gasteiger partial charge in [-0.15, -0.1) is 0 Å². The quantitative estimate of drug-likeness (QED) is 0.790. The molecule has 2 heterocycles. The van der Waals surface area contributed by atoms with E-state index in [1.54, 1.807) is 24.1 Å². The van der Waals surface area contributed by atoms with E-state index in [9.17, 15) is 9.59 Å². The predicted molar refractivity (Wildman–Crippen MR) is 114 cm³/mol. The number of rotatable bonds is 6. The smallest absolute Gasteiger partial charge is 0.289 e. The van der Waals surface area contributed by atoms with Gasteiger partial charge in [-0.05, 0) is 43.0 Å². The predicted octanol–water partition coefficient (Wildman–Crippen LogP) is 3.24. The number of nitrogens with zero attached hydrogens (tertiary/aromatic N) is 2. The highest BCUT2D eigenvalue weighted by Crippen LogP contribution is 2.32. The van der Waals surface area contributed by atoms with Crippen LogP contribution < -0.4 is 10.1 Å². The van der Waals surface area contributed by atoms with Crippen molar-refractivity contribution in [3.05, 3.63) is 48.4 Å². The fourth-order valence-corrected chi connectivity index (χ4v) is 4.63. The summed E-state index contributed by atoms with van der Waals surface area (Å²) >= 11 is 0. The van der Waals surface area contributed by atoms with Crippen LogP contribution in [0.4, 0.5) is 5.69 Å². The van der Waals surface area contributed by atoms with Crippen LogP contribution in [-0.4, -0.2) is 60.9 Å². The Balaban J connectivity index is 1.43. The Labute approximate surface area is 177 Å². The van der Waals surface area contributed by atoms with E-state index >= 15 is 0 Å². The van der Waals surface area contributed by atoms with Gasteiger partial charge in [-0.25, -0.2) is 0 Å². The molecular formula is C23H29N3O4. The molecule has 7 heteroatoms. The average Bonchev–Trinajstić information content (AvgIpc) is 3.49. The summed E-state index contributed by atoms with van der Waals surface area (Å²) in [5, 5.41) is 3.09. The Morgan fingerprint density at radius 2 is 1.87 bits per heavy atom. The molecule has 1 atom stereocenters. The molecule has 30 heavy (non-hydrogen) atoms. The number of methoxy groups -OCH3 is 1. The van der Waals surface area contributed by atoms with E-state index in [-0.39, 0.29) is 17.9 Å². The molecule has 1 N–H and O–H groups in total. The molecule has 2 amide bonds. The summed E-state index contributed by atoms with van der Waals surface area (Å²) in [7, 11) is 1.62. The van der Waals surface area contributed by atoms with Crippen molar-refractivity contribution >= 4 is 17.5 Å². The maximum absolute atomic E-state index is 13.3. The zero-order valence-electron chi connectivity index (χ0n) is 17.4. The molecule has 2 aliphatic rings. The third-order valence-corrected chi connectivity index (χ3v) is 6.18. The van der Waals surface area contributed by atoms with Crippen molar-refractivity contribution in [3.63, 3.8) is 0 Å². The molecule has 0 radical (unpaired) electrons. The van der Waals surface area contributed by atoms with E-state index in [4.69, 9.17) is 9.15 Å². The van der Waals surface area contributed by atoms with Crippen LogP contribution in [-0.2, 0) is 4.79 Å².